The van der Waals surface area contributed by atoms with E-state index in [0.29, 0.717) is 11.1 Å². The second-order valence-corrected chi connectivity index (χ2v) is 5.48. The van der Waals surface area contributed by atoms with E-state index in [-0.39, 0.29) is 29.0 Å². The first kappa shape index (κ1) is 15.1. The number of nitrogens with one attached hydrogen (secondary N) is 1. The summed E-state index contributed by atoms with van der Waals surface area (Å²) in [6, 6.07) is 10.3. The molecule has 8 heteroatoms. The molecule has 2 aromatic carbocycles. The molecular weight excluding hydrogens is 330 g/mol. The molecule has 0 atom stereocenters. The predicted molar refractivity (Wildman–Crippen MR) is 84.8 cm³/mol. The highest BCUT2D eigenvalue weighted by Gasteiger charge is 2.10. The molecule has 4 aromatic rings. The second kappa shape index (κ2) is 5.90. The number of fused-ring (bicyclic) bond motifs is 1. The van der Waals surface area contributed by atoms with Gasteiger partial charge in [-0.05, 0) is 39.1 Å². The van der Waals surface area contributed by atoms with Crippen molar-refractivity contribution in [1.29, 1.82) is 0 Å². The third kappa shape index (κ3) is 3.01. The molecular formula is C17H10F2N4O2. The van der Waals surface area contributed by atoms with Gasteiger partial charge in [-0.15, -0.1) is 0 Å². The Morgan fingerprint density at radius 1 is 0.960 bits per heavy atom. The number of halogens is 2. The number of hydrogen-bond acceptors (Lipinski definition) is 5. The summed E-state index contributed by atoms with van der Waals surface area (Å²) in [6.45, 7) is 0. The molecule has 0 unspecified atom stereocenters. The molecule has 0 aliphatic carbocycles. The van der Waals surface area contributed by atoms with Gasteiger partial charge >= 0.3 is 0 Å². The van der Waals surface area contributed by atoms with Crippen LogP contribution in [0, 0.1) is 11.6 Å². The summed E-state index contributed by atoms with van der Waals surface area (Å²) in [7, 11) is 0. The number of benzene rings is 2. The normalized spacial score (nSPS) is 11.1. The van der Waals surface area contributed by atoms with E-state index >= 15 is 0 Å². The molecule has 1 N–H and O–H groups in total. The Kier molecular flexibility index (Phi) is 3.57. The van der Waals surface area contributed by atoms with Crippen LogP contribution in [0.2, 0.25) is 0 Å². The molecule has 0 fully saturated rings. The number of hydrogen-bond donors (Lipinski definition) is 1. The Hall–Kier alpha value is -3.42. The van der Waals surface area contributed by atoms with Crippen LogP contribution in [-0.4, -0.2) is 20.3 Å². The fraction of sp³-hybridized carbons (Fsp3) is 0.0588. The van der Waals surface area contributed by atoms with E-state index in [0.717, 1.165) is 11.6 Å². The van der Waals surface area contributed by atoms with Gasteiger partial charge in [0.2, 0.25) is 11.3 Å². The van der Waals surface area contributed by atoms with E-state index < -0.39 is 11.6 Å². The third-order valence-corrected chi connectivity index (χ3v) is 3.73. The lowest BCUT2D eigenvalue weighted by atomic mass is 10.0. The lowest BCUT2D eigenvalue weighted by Crippen LogP contribution is -2.15. The molecule has 0 bridgehead atoms. The zero-order valence-corrected chi connectivity index (χ0v) is 12.7. The molecule has 2 aromatic heterocycles. The molecule has 0 saturated carbocycles. The third-order valence-electron chi connectivity index (χ3n) is 3.73. The molecule has 0 radical (unpaired) electrons. The summed E-state index contributed by atoms with van der Waals surface area (Å²) in [5, 5.41) is 7.12. The van der Waals surface area contributed by atoms with Gasteiger partial charge in [-0.1, -0.05) is 24.3 Å². The molecule has 0 saturated heterocycles. The van der Waals surface area contributed by atoms with Crippen molar-refractivity contribution in [2.24, 2.45) is 0 Å². The fourth-order valence-corrected chi connectivity index (χ4v) is 2.54. The van der Waals surface area contributed by atoms with Crippen LogP contribution >= 0.6 is 0 Å². The highest BCUT2D eigenvalue weighted by Crippen LogP contribution is 2.22. The Morgan fingerprint density at radius 3 is 2.40 bits per heavy atom. The molecule has 25 heavy (non-hydrogen) atoms. The minimum atomic E-state index is -0.635. The van der Waals surface area contributed by atoms with Crippen molar-refractivity contribution in [2.45, 2.75) is 6.42 Å². The van der Waals surface area contributed by atoms with Gasteiger partial charge in [0.1, 0.15) is 17.3 Å². The van der Waals surface area contributed by atoms with Crippen LogP contribution in [0.3, 0.4) is 0 Å². The van der Waals surface area contributed by atoms with Crippen LogP contribution in [0.15, 0.2) is 51.9 Å². The molecule has 0 aliphatic heterocycles. The summed E-state index contributed by atoms with van der Waals surface area (Å²) in [5.74, 6) is -1.27. The topological polar surface area (TPSA) is 84.7 Å². The van der Waals surface area contributed by atoms with Crippen LogP contribution in [0.5, 0.6) is 0 Å². The van der Waals surface area contributed by atoms with Crippen molar-refractivity contribution in [2.75, 3.05) is 0 Å². The van der Waals surface area contributed by atoms with E-state index in [1.54, 1.807) is 24.3 Å². The molecule has 6 nitrogen and oxygen atoms in total. The fourth-order valence-electron chi connectivity index (χ4n) is 2.54. The quantitative estimate of drug-likeness (QED) is 0.620. The Morgan fingerprint density at radius 2 is 1.68 bits per heavy atom. The first-order chi connectivity index (χ1) is 12.1. The van der Waals surface area contributed by atoms with Gasteiger partial charge in [0.25, 0.3) is 5.56 Å². The van der Waals surface area contributed by atoms with Crippen molar-refractivity contribution >= 4 is 11.3 Å². The Labute approximate surface area is 139 Å². The van der Waals surface area contributed by atoms with Gasteiger partial charge in [-0.3, -0.25) is 9.78 Å². The van der Waals surface area contributed by atoms with E-state index in [1.807, 2.05) is 0 Å². The molecule has 0 aliphatic rings. The number of rotatable bonds is 3. The molecule has 0 amide bonds. The first-order valence-electron chi connectivity index (χ1n) is 7.35. The smallest absolute Gasteiger partial charge is 0.271 e. The number of nitrogens with zero attached hydrogens (tertiary/aromatic N) is 3. The van der Waals surface area contributed by atoms with Crippen LogP contribution in [0.25, 0.3) is 22.4 Å². The van der Waals surface area contributed by atoms with Crippen molar-refractivity contribution in [3.05, 3.63) is 75.7 Å². The maximum absolute atomic E-state index is 13.3. The maximum atomic E-state index is 13.3. The van der Waals surface area contributed by atoms with Crippen LogP contribution in [-0.2, 0) is 6.42 Å². The van der Waals surface area contributed by atoms with Crippen molar-refractivity contribution in [1.82, 2.24) is 20.3 Å². The largest absolute Gasteiger partial charge is 0.299 e. The van der Waals surface area contributed by atoms with Crippen LogP contribution in [0.4, 0.5) is 8.78 Å². The number of H-pyrrole nitrogens is 1. The van der Waals surface area contributed by atoms with Crippen LogP contribution < -0.4 is 5.56 Å². The van der Waals surface area contributed by atoms with E-state index in [9.17, 15) is 13.6 Å². The van der Waals surface area contributed by atoms with Crippen molar-refractivity contribution < 1.29 is 13.4 Å². The SMILES string of the molecule is O=c1[nH]c2nonc2nc1Cc1ccc(-c2cc(F)cc(F)c2)cc1. The first-order valence-corrected chi connectivity index (χ1v) is 7.35. The summed E-state index contributed by atoms with van der Waals surface area (Å²) in [4.78, 5) is 18.7. The predicted octanol–water partition coefficient (Wildman–Crippen LogP) is 2.84. The standard InChI is InChI=1S/C17H10F2N4O2/c18-12-6-11(7-13(19)8-12)10-3-1-9(2-4-10)5-14-17(24)21-16-15(20-14)22-25-23-16/h1-4,6-8H,5H2,(H,21,23,24). The van der Waals surface area contributed by atoms with Crippen molar-refractivity contribution in [3.63, 3.8) is 0 Å². The average Bonchev–Trinajstić information content (AvgIpc) is 3.02. The van der Waals surface area contributed by atoms with E-state index in [4.69, 9.17) is 0 Å². The lowest BCUT2D eigenvalue weighted by Gasteiger charge is -2.05. The van der Waals surface area contributed by atoms with E-state index in [1.165, 1.54) is 12.1 Å². The zero-order chi connectivity index (χ0) is 17.4. The van der Waals surface area contributed by atoms with Crippen LogP contribution in [0.1, 0.15) is 11.3 Å². The molecule has 2 heterocycles. The summed E-state index contributed by atoms with van der Waals surface area (Å²) >= 11 is 0. The minimum Gasteiger partial charge on any atom is -0.299 e. The Balaban J connectivity index is 1.63. The van der Waals surface area contributed by atoms with Gasteiger partial charge in [0, 0.05) is 12.5 Å². The second-order valence-electron chi connectivity index (χ2n) is 5.48. The van der Waals surface area contributed by atoms with E-state index in [2.05, 4.69) is 24.9 Å². The molecule has 0 spiro atoms. The molecule has 4 rings (SSSR count). The monoisotopic (exact) mass is 340 g/mol. The van der Waals surface area contributed by atoms with Gasteiger partial charge in [-0.25, -0.2) is 18.4 Å². The average molecular weight is 340 g/mol. The number of aromatic amines is 1. The number of aromatic nitrogens is 4. The lowest BCUT2D eigenvalue weighted by molar-refractivity contribution is 0.314. The minimum absolute atomic E-state index is 0.192. The van der Waals surface area contributed by atoms with Gasteiger partial charge in [0.05, 0.1) is 0 Å². The highest BCUT2D eigenvalue weighted by atomic mass is 19.1. The van der Waals surface area contributed by atoms with Gasteiger partial charge in [-0.2, -0.15) is 0 Å². The van der Waals surface area contributed by atoms with Crippen molar-refractivity contribution in [3.8, 4) is 11.1 Å². The summed E-state index contributed by atoms with van der Waals surface area (Å²) in [5.41, 5.74) is 2.23. The zero-order valence-electron chi connectivity index (χ0n) is 12.7. The summed E-state index contributed by atoms with van der Waals surface area (Å²) in [6.07, 6.45) is 0.274. The maximum Gasteiger partial charge on any atom is 0.271 e. The Bertz CT molecular complexity index is 1100. The van der Waals surface area contributed by atoms with Gasteiger partial charge in [0.15, 0.2) is 0 Å². The highest BCUT2D eigenvalue weighted by molar-refractivity contribution is 5.64. The van der Waals surface area contributed by atoms with Gasteiger partial charge < -0.3 is 0 Å². The summed E-state index contributed by atoms with van der Waals surface area (Å²) < 4.78 is 31.2. The molecule has 124 valence electrons.